The van der Waals surface area contributed by atoms with Crippen LogP contribution in [0.1, 0.15) is 58.9 Å². The number of hydrogen-bond acceptors (Lipinski definition) is 7. The van der Waals surface area contributed by atoms with Gasteiger partial charge in [-0.2, -0.15) is 0 Å². The number of carbonyl (C=O) groups excluding carboxylic acids is 3. The van der Waals surface area contributed by atoms with E-state index in [9.17, 15) is 14.4 Å². The average Bonchev–Trinajstić information content (AvgIpc) is 2.75. The van der Waals surface area contributed by atoms with Gasteiger partial charge in [-0.1, -0.05) is 19.1 Å². The Labute approximate surface area is 196 Å². The molecular formula is C24H39N3O6. The van der Waals surface area contributed by atoms with Gasteiger partial charge in [0.2, 0.25) is 5.91 Å². The molecule has 9 heteroatoms. The fourth-order valence-corrected chi connectivity index (χ4v) is 2.92. The summed E-state index contributed by atoms with van der Waals surface area (Å²) in [6, 6.07) is 5.75. The number of hydrogen-bond donors (Lipinski definition) is 3. The number of benzene rings is 1. The summed E-state index contributed by atoms with van der Waals surface area (Å²) in [6.45, 7) is 8.47. The lowest BCUT2D eigenvalue weighted by Gasteiger charge is -2.20. The normalized spacial score (nSPS) is 12.9. The fraction of sp³-hybridized carbons (Fsp3) is 0.625. The lowest BCUT2D eigenvalue weighted by atomic mass is 10.0. The summed E-state index contributed by atoms with van der Waals surface area (Å²) in [5.41, 5.74) is 6.31. The summed E-state index contributed by atoms with van der Waals surface area (Å²) < 4.78 is 15.6. The smallest absolute Gasteiger partial charge is 0.407 e. The lowest BCUT2D eigenvalue weighted by molar-refractivity contribution is -0.145. The van der Waals surface area contributed by atoms with Gasteiger partial charge < -0.3 is 30.6 Å². The zero-order valence-electron chi connectivity index (χ0n) is 20.4. The molecule has 2 amide bonds. The molecule has 0 aliphatic rings. The highest BCUT2D eigenvalue weighted by Crippen LogP contribution is 2.14. The molecule has 0 fully saturated rings. The zero-order chi connectivity index (χ0) is 24.9. The number of unbranched alkanes of at least 4 members (excludes halogenated alkanes) is 1. The molecule has 0 saturated carbocycles. The lowest BCUT2D eigenvalue weighted by Crippen LogP contribution is -2.49. The molecule has 0 spiro atoms. The molecule has 0 aliphatic carbocycles. The van der Waals surface area contributed by atoms with Crippen LogP contribution in [0.5, 0.6) is 5.75 Å². The minimum absolute atomic E-state index is 0.277. The third-order valence-corrected chi connectivity index (χ3v) is 4.59. The van der Waals surface area contributed by atoms with Crippen LogP contribution in [-0.2, 0) is 25.5 Å². The second kappa shape index (κ2) is 14.4. The number of nitrogens with one attached hydrogen (secondary N) is 2. The fourth-order valence-electron chi connectivity index (χ4n) is 2.92. The second-order valence-electron chi connectivity index (χ2n) is 8.81. The van der Waals surface area contributed by atoms with Crippen LogP contribution < -0.4 is 21.1 Å². The standard InChI is InChI=1S/C24H39N3O6/c1-6-15-32-18-12-10-17(11-13-18)16-20(22(29)31-5)27-21(28)19(25)9-7-8-14-26-23(30)33-24(2,3)4/h10-13,19-20H,6-9,14-16,25H2,1-5H3,(H,26,30)(H,27,28)/t19-,20+/m1/s1. The van der Waals surface area contributed by atoms with Gasteiger partial charge in [-0.3, -0.25) is 4.79 Å². The predicted octanol–water partition coefficient (Wildman–Crippen LogP) is 2.70. The van der Waals surface area contributed by atoms with Crippen molar-refractivity contribution in [2.24, 2.45) is 5.73 Å². The Morgan fingerprint density at radius 2 is 1.76 bits per heavy atom. The van der Waals surface area contributed by atoms with E-state index in [4.69, 9.17) is 19.9 Å². The van der Waals surface area contributed by atoms with Crippen molar-refractivity contribution in [1.29, 1.82) is 0 Å². The minimum atomic E-state index is -0.843. The molecule has 33 heavy (non-hydrogen) atoms. The Morgan fingerprint density at radius 3 is 2.33 bits per heavy atom. The van der Waals surface area contributed by atoms with Crippen LogP contribution in [-0.4, -0.2) is 55.9 Å². The van der Waals surface area contributed by atoms with Crippen LogP contribution in [0.4, 0.5) is 4.79 Å². The first kappa shape index (κ1) is 28.2. The van der Waals surface area contributed by atoms with Crippen molar-refractivity contribution >= 4 is 18.0 Å². The third kappa shape index (κ3) is 12.1. The van der Waals surface area contributed by atoms with Gasteiger partial charge in [-0.15, -0.1) is 0 Å². The Kier molecular flexibility index (Phi) is 12.3. The maximum absolute atomic E-state index is 12.5. The third-order valence-electron chi connectivity index (χ3n) is 4.59. The molecule has 9 nitrogen and oxygen atoms in total. The van der Waals surface area contributed by atoms with E-state index in [2.05, 4.69) is 10.6 Å². The molecule has 0 aliphatic heterocycles. The largest absolute Gasteiger partial charge is 0.494 e. The van der Waals surface area contributed by atoms with Gasteiger partial charge in [-0.25, -0.2) is 9.59 Å². The number of nitrogens with two attached hydrogens (primary N) is 1. The molecular weight excluding hydrogens is 426 g/mol. The maximum Gasteiger partial charge on any atom is 0.407 e. The highest BCUT2D eigenvalue weighted by molar-refractivity contribution is 5.87. The summed E-state index contributed by atoms with van der Waals surface area (Å²) in [5, 5.41) is 5.36. The number of esters is 1. The quantitative estimate of drug-likeness (QED) is 0.302. The van der Waals surface area contributed by atoms with Crippen molar-refractivity contribution in [1.82, 2.24) is 10.6 Å². The molecule has 0 bridgehead atoms. The Bertz CT molecular complexity index is 746. The van der Waals surface area contributed by atoms with E-state index in [0.29, 0.717) is 32.4 Å². The van der Waals surface area contributed by atoms with E-state index in [1.54, 1.807) is 20.8 Å². The maximum atomic E-state index is 12.5. The first-order chi connectivity index (χ1) is 15.6. The van der Waals surface area contributed by atoms with Crippen molar-refractivity contribution in [2.75, 3.05) is 20.3 Å². The summed E-state index contributed by atoms with van der Waals surface area (Å²) in [5.74, 6) is -0.209. The SMILES string of the molecule is CCCOc1ccc(C[C@H](NC(=O)[C@H](N)CCCCNC(=O)OC(C)(C)C)C(=O)OC)cc1. The van der Waals surface area contributed by atoms with Gasteiger partial charge in [-0.05, 0) is 64.2 Å². The molecule has 186 valence electrons. The van der Waals surface area contributed by atoms with Crippen molar-refractivity contribution in [2.45, 2.75) is 77.5 Å². The highest BCUT2D eigenvalue weighted by Gasteiger charge is 2.24. The molecule has 1 aromatic rings. The van der Waals surface area contributed by atoms with E-state index in [-0.39, 0.29) is 6.42 Å². The van der Waals surface area contributed by atoms with Crippen molar-refractivity contribution < 1.29 is 28.6 Å². The topological polar surface area (TPSA) is 129 Å². The zero-order valence-corrected chi connectivity index (χ0v) is 20.4. The Balaban J connectivity index is 2.47. The summed E-state index contributed by atoms with van der Waals surface area (Å²) >= 11 is 0. The van der Waals surface area contributed by atoms with Gasteiger partial charge >= 0.3 is 12.1 Å². The monoisotopic (exact) mass is 465 g/mol. The van der Waals surface area contributed by atoms with Crippen LogP contribution >= 0.6 is 0 Å². The van der Waals surface area contributed by atoms with Crippen LogP contribution in [0, 0.1) is 0 Å². The Hall–Kier alpha value is -2.81. The molecule has 0 aromatic heterocycles. The van der Waals surface area contributed by atoms with Crippen molar-refractivity contribution in [3.05, 3.63) is 29.8 Å². The number of methoxy groups -OCH3 is 1. The minimum Gasteiger partial charge on any atom is -0.494 e. The van der Waals surface area contributed by atoms with Crippen molar-refractivity contribution in [3.63, 3.8) is 0 Å². The molecule has 1 aromatic carbocycles. The average molecular weight is 466 g/mol. The predicted molar refractivity (Wildman–Crippen MR) is 126 cm³/mol. The van der Waals surface area contributed by atoms with Crippen molar-refractivity contribution in [3.8, 4) is 5.75 Å². The van der Waals surface area contributed by atoms with Gasteiger partial charge in [0.1, 0.15) is 17.4 Å². The summed E-state index contributed by atoms with van der Waals surface area (Å²) in [4.78, 5) is 36.3. The van der Waals surface area contributed by atoms with Crippen LogP contribution in [0.15, 0.2) is 24.3 Å². The van der Waals surface area contributed by atoms with Crippen LogP contribution in [0.2, 0.25) is 0 Å². The van der Waals surface area contributed by atoms with E-state index < -0.39 is 35.7 Å². The van der Waals surface area contributed by atoms with Gasteiger partial charge in [0, 0.05) is 13.0 Å². The number of alkyl carbamates (subject to hydrolysis) is 1. The summed E-state index contributed by atoms with van der Waals surface area (Å²) in [7, 11) is 1.28. The van der Waals surface area contributed by atoms with Gasteiger partial charge in [0.25, 0.3) is 0 Å². The van der Waals surface area contributed by atoms with Gasteiger partial charge in [0.15, 0.2) is 0 Å². The van der Waals surface area contributed by atoms with Crippen LogP contribution in [0.25, 0.3) is 0 Å². The molecule has 4 N–H and O–H groups in total. The molecule has 2 atom stereocenters. The number of carbonyl (C=O) groups is 3. The van der Waals surface area contributed by atoms with E-state index in [1.165, 1.54) is 7.11 Å². The molecule has 0 saturated heterocycles. The number of rotatable bonds is 13. The second-order valence-corrected chi connectivity index (χ2v) is 8.81. The van der Waals surface area contributed by atoms with E-state index >= 15 is 0 Å². The summed E-state index contributed by atoms with van der Waals surface area (Å²) in [6.07, 6.45) is 2.41. The highest BCUT2D eigenvalue weighted by atomic mass is 16.6. The molecule has 1 rings (SSSR count). The molecule has 0 heterocycles. The number of ether oxygens (including phenoxy) is 3. The van der Waals surface area contributed by atoms with E-state index in [1.807, 2.05) is 31.2 Å². The first-order valence-corrected chi connectivity index (χ1v) is 11.4. The van der Waals surface area contributed by atoms with Gasteiger partial charge in [0.05, 0.1) is 19.8 Å². The van der Waals surface area contributed by atoms with E-state index in [0.717, 1.165) is 17.7 Å². The first-order valence-electron chi connectivity index (χ1n) is 11.4. The van der Waals surface area contributed by atoms with Crippen LogP contribution in [0.3, 0.4) is 0 Å². The number of amides is 2. The Morgan fingerprint density at radius 1 is 1.09 bits per heavy atom. The molecule has 0 radical (unpaired) electrons. The molecule has 0 unspecified atom stereocenters.